The monoisotopic (exact) mass is 471 g/mol. The fraction of sp³-hybridized carbons (Fsp3) is 0.278. The fourth-order valence-corrected chi connectivity index (χ4v) is 4.40. The third-order valence-electron chi connectivity index (χ3n) is 4.08. The van der Waals surface area contributed by atoms with Crippen LogP contribution in [0.3, 0.4) is 0 Å². The largest absolute Gasteiger partial charge is 0.463 e. The Labute approximate surface area is 173 Å². The minimum Gasteiger partial charge on any atom is -0.463 e. The van der Waals surface area contributed by atoms with E-state index in [0.29, 0.717) is 33.0 Å². The van der Waals surface area contributed by atoms with Crippen molar-refractivity contribution in [2.75, 3.05) is 19.0 Å². The zero-order valence-electron chi connectivity index (χ0n) is 14.6. The summed E-state index contributed by atoms with van der Waals surface area (Å²) in [5, 5.41) is 2.85. The number of aromatic nitrogens is 1. The highest BCUT2D eigenvalue weighted by molar-refractivity contribution is 9.09. The molecule has 1 aromatic heterocycles. The third kappa shape index (κ3) is 3.79. The van der Waals surface area contributed by atoms with Gasteiger partial charge in [0, 0.05) is 35.2 Å². The number of rotatable bonds is 5. The molecule has 1 aromatic carbocycles. The molecule has 142 valence electrons. The predicted octanol–water partition coefficient (Wildman–Crippen LogP) is 4.58. The van der Waals surface area contributed by atoms with Crippen molar-refractivity contribution in [3.63, 3.8) is 0 Å². The summed E-state index contributed by atoms with van der Waals surface area (Å²) in [6, 6.07) is 3.68. The lowest BCUT2D eigenvalue weighted by molar-refractivity contribution is -0.139. The van der Waals surface area contributed by atoms with Gasteiger partial charge in [-0.2, -0.15) is 0 Å². The number of allylic oxidation sites excluding steroid dienone is 1. The molecule has 1 aliphatic rings. The molecule has 0 amide bonds. The van der Waals surface area contributed by atoms with E-state index in [9.17, 15) is 9.18 Å². The number of ether oxygens (including phenoxy) is 1. The first-order valence-corrected chi connectivity index (χ1v) is 10.5. The molecular weight excluding hydrogens is 457 g/mol. The van der Waals surface area contributed by atoms with Crippen molar-refractivity contribution in [3.8, 4) is 0 Å². The standard InChI is InChI=1S/C18H16BrClFN3O2S/c1-3-26-18(25)13-12(9-19)24(2)16(17-22-7-8-27-17)23-15(13)10-5-4-6-11(21)14(10)20/h4-8,15H,3,9H2,1-2H3/t15-/m0/s1. The number of esters is 1. The van der Waals surface area contributed by atoms with Gasteiger partial charge in [-0.05, 0) is 13.0 Å². The van der Waals surface area contributed by atoms with E-state index in [-0.39, 0.29) is 11.6 Å². The molecule has 2 aromatic rings. The van der Waals surface area contributed by atoms with E-state index in [1.807, 2.05) is 5.38 Å². The Morgan fingerprint density at radius 2 is 2.26 bits per heavy atom. The van der Waals surface area contributed by atoms with Crippen LogP contribution in [0.15, 0.2) is 46.0 Å². The number of nitrogens with zero attached hydrogens (tertiary/aromatic N) is 3. The number of benzene rings is 1. The Hall–Kier alpha value is -1.77. The molecule has 0 spiro atoms. The van der Waals surface area contributed by atoms with Crippen molar-refractivity contribution in [1.82, 2.24) is 9.88 Å². The van der Waals surface area contributed by atoms with Crippen molar-refractivity contribution >= 4 is 50.7 Å². The van der Waals surface area contributed by atoms with E-state index in [1.54, 1.807) is 37.2 Å². The molecule has 0 fully saturated rings. The first kappa shape index (κ1) is 20.0. The highest BCUT2D eigenvalue weighted by Gasteiger charge is 2.36. The van der Waals surface area contributed by atoms with E-state index in [1.165, 1.54) is 17.4 Å². The Kier molecular flexibility index (Phi) is 6.29. The quantitative estimate of drug-likeness (QED) is 0.472. The topological polar surface area (TPSA) is 54.8 Å². The summed E-state index contributed by atoms with van der Waals surface area (Å²) in [6.07, 6.45) is 1.68. The molecule has 1 atom stereocenters. The Balaban J connectivity index is 2.23. The zero-order valence-corrected chi connectivity index (χ0v) is 17.7. The summed E-state index contributed by atoms with van der Waals surface area (Å²) in [4.78, 5) is 23.6. The van der Waals surface area contributed by atoms with Crippen molar-refractivity contribution in [2.45, 2.75) is 13.0 Å². The molecule has 27 heavy (non-hydrogen) atoms. The van der Waals surface area contributed by atoms with Crippen molar-refractivity contribution in [1.29, 1.82) is 0 Å². The van der Waals surface area contributed by atoms with Crippen molar-refractivity contribution in [3.05, 3.63) is 62.5 Å². The number of carbonyl (C=O) groups excluding carboxylic acids is 1. The number of carbonyl (C=O) groups is 1. The van der Waals surface area contributed by atoms with E-state index in [0.717, 1.165) is 0 Å². The molecule has 0 saturated carbocycles. The lowest BCUT2D eigenvalue weighted by Gasteiger charge is -2.32. The fourth-order valence-electron chi connectivity index (χ4n) is 2.83. The summed E-state index contributed by atoms with van der Waals surface area (Å²) in [6.45, 7) is 1.95. The maximum Gasteiger partial charge on any atom is 0.338 e. The van der Waals surface area contributed by atoms with Crippen LogP contribution in [0.2, 0.25) is 5.02 Å². The smallest absolute Gasteiger partial charge is 0.338 e. The molecule has 5 nitrogen and oxygen atoms in total. The number of aliphatic imine (C=N–C) groups is 1. The molecule has 0 radical (unpaired) electrons. The number of halogens is 3. The minimum atomic E-state index is -0.796. The van der Waals surface area contributed by atoms with Gasteiger partial charge in [-0.3, -0.25) is 4.99 Å². The van der Waals surface area contributed by atoms with Gasteiger partial charge < -0.3 is 9.64 Å². The van der Waals surface area contributed by atoms with Crippen LogP contribution in [0.4, 0.5) is 4.39 Å². The molecule has 0 unspecified atom stereocenters. The van der Waals surface area contributed by atoms with Crippen molar-refractivity contribution in [2.24, 2.45) is 4.99 Å². The molecule has 0 bridgehead atoms. The van der Waals surface area contributed by atoms with Gasteiger partial charge in [-0.1, -0.05) is 39.7 Å². The SMILES string of the molecule is CCOC(=O)C1=C(CBr)N(C)C(c2nccs2)=N[C@H]1c1cccc(F)c1Cl. The second-order valence-corrected chi connectivity index (χ2v) is 7.44. The lowest BCUT2D eigenvalue weighted by atomic mass is 9.95. The van der Waals surface area contributed by atoms with Crippen LogP contribution in [-0.2, 0) is 9.53 Å². The van der Waals surface area contributed by atoms with Crippen LogP contribution in [0, 0.1) is 5.82 Å². The number of hydrogen-bond acceptors (Lipinski definition) is 6. The molecule has 2 heterocycles. The average molecular weight is 473 g/mol. The van der Waals surface area contributed by atoms with E-state index >= 15 is 0 Å². The molecular formula is C18H16BrClFN3O2S. The molecule has 9 heteroatoms. The van der Waals surface area contributed by atoms with Crippen LogP contribution in [0.5, 0.6) is 0 Å². The number of thiazole rings is 1. The van der Waals surface area contributed by atoms with Crippen LogP contribution >= 0.6 is 38.9 Å². The Morgan fingerprint density at radius 1 is 1.48 bits per heavy atom. The van der Waals surface area contributed by atoms with E-state index < -0.39 is 17.8 Å². The van der Waals surface area contributed by atoms with Crippen LogP contribution in [-0.4, -0.2) is 40.7 Å². The summed E-state index contributed by atoms with van der Waals surface area (Å²) < 4.78 is 19.3. The first-order valence-electron chi connectivity index (χ1n) is 8.11. The van der Waals surface area contributed by atoms with Gasteiger partial charge in [-0.15, -0.1) is 11.3 Å². The van der Waals surface area contributed by atoms with E-state index in [4.69, 9.17) is 21.3 Å². The average Bonchev–Trinajstić information content (AvgIpc) is 3.18. The van der Waals surface area contributed by atoms with Crippen molar-refractivity contribution < 1.29 is 13.9 Å². The summed E-state index contributed by atoms with van der Waals surface area (Å²) >= 11 is 11.1. The second-order valence-electron chi connectivity index (χ2n) is 5.61. The van der Waals surface area contributed by atoms with Gasteiger partial charge in [0.2, 0.25) is 0 Å². The van der Waals surface area contributed by atoms with Gasteiger partial charge in [0.1, 0.15) is 11.9 Å². The number of hydrogen-bond donors (Lipinski definition) is 0. The minimum absolute atomic E-state index is 0.0648. The molecule has 0 aliphatic carbocycles. The number of amidine groups is 1. The molecule has 1 aliphatic heterocycles. The summed E-state index contributed by atoms with van der Waals surface area (Å²) in [5.74, 6) is -0.494. The maximum atomic E-state index is 14.1. The second kappa shape index (κ2) is 8.50. The van der Waals surface area contributed by atoms with Crippen LogP contribution in [0.1, 0.15) is 23.5 Å². The maximum absolute atomic E-state index is 14.1. The van der Waals surface area contributed by atoms with Gasteiger partial charge in [0.25, 0.3) is 0 Å². The summed E-state index contributed by atoms with van der Waals surface area (Å²) in [5.41, 5.74) is 1.39. The lowest BCUT2D eigenvalue weighted by Crippen LogP contribution is -2.36. The van der Waals surface area contributed by atoms with Crippen LogP contribution in [0.25, 0.3) is 0 Å². The normalized spacial score (nSPS) is 17.1. The Bertz CT molecular complexity index is 917. The first-order chi connectivity index (χ1) is 13.0. The number of alkyl halides is 1. The van der Waals surface area contributed by atoms with Gasteiger partial charge in [0.15, 0.2) is 10.8 Å². The summed E-state index contributed by atoms with van der Waals surface area (Å²) in [7, 11) is 1.81. The zero-order chi connectivity index (χ0) is 19.6. The molecule has 3 rings (SSSR count). The molecule has 0 saturated heterocycles. The van der Waals surface area contributed by atoms with E-state index in [2.05, 4.69) is 20.9 Å². The highest BCUT2D eigenvalue weighted by Crippen LogP contribution is 2.39. The molecule has 0 N–H and O–H groups in total. The highest BCUT2D eigenvalue weighted by atomic mass is 79.9. The predicted molar refractivity (Wildman–Crippen MR) is 108 cm³/mol. The van der Waals surface area contributed by atoms with Gasteiger partial charge >= 0.3 is 5.97 Å². The van der Waals surface area contributed by atoms with Gasteiger partial charge in [-0.25, -0.2) is 14.2 Å². The Morgan fingerprint density at radius 3 is 2.89 bits per heavy atom. The third-order valence-corrected chi connectivity index (χ3v) is 5.78. The van der Waals surface area contributed by atoms with Gasteiger partial charge in [0.05, 0.1) is 17.2 Å². The van der Waals surface area contributed by atoms with Crippen LogP contribution < -0.4 is 0 Å².